The maximum absolute atomic E-state index is 13.5. The van der Waals surface area contributed by atoms with E-state index in [1.807, 2.05) is 23.1 Å². The van der Waals surface area contributed by atoms with E-state index in [1.54, 1.807) is 0 Å². The molecule has 1 atom stereocenters. The quantitative estimate of drug-likeness (QED) is 0.494. The number of hydrogen-bond acceptors (Lipinski definition) is 4. The third kappa shape index (κ3) is 5.44. The highest BCUT2D eigenvalue weighted by molar-refractivity contribution is 5.95. The molecule has 3 fully saturated rings. The van der Waals surface area contributed by atoms with Gasteiger partial charge in [-0.15, -0.1) is 0 Å². The van der Waals surface area contributed by atoms with Gasteiger partial charge in [-0.1, -0.05) is 42.5 Å². The fourth-order valence-electron chi connectivity index (χ4n) is 6.44. The second-order valence-electron chi connectivity index (χ2n) is 11.6. The first-order valence-corrected chi connectivity index (χ1v) is 14.0. The molecule has 2 aliphatic carbocycles. The van der Waals surface area contributed by atoms with E-state index in [9.17, 15) is 28.3 Å². The van der Waals surface area contributed by atoms with Gasteiger partial charge in [-0.25, -0.2) is 0 Å². The van der Waals surface area contributed by atoms with Crippen molar-refractivity contribution in [1.82, 2.24) is 9.80 Å². The fraction of sp³-hybridized carbons (Fsp3) is 0.548. The summed E-state index contributed by atoms with van der Waals surface area (Å²) in [6.07, 6.45) is 2.48. The molecular weight excluding hydrogens is 503 g/mol. The van der Waals surface area contributed by atoms with Gasteiger partial charge in [0.1, 0.15) is 0 Å². The molecule has 0 radical (unpaired) electrons. The summed E-state index contributed by atoms with van der Waals surface area (Å²) in [5, 5.41) is 20.0. The summed E-state index contributed by atoms with van der Waals surface area (Å²) >= 11 is 0. The van der Waals surface area contributed by atoms with Crippen molar-refractivity contribution in [2.24, 2.45) is 0 Å². The number of benzene rings is 2. The Labute approximate surface area is 228 Å². The lowest BCUT2D eigenvalue weighted by atomic mass is 9.69. The Hall–Kier alpha value is -2.89. The van der Waals surface area contributed by atoms with Gasteiger partial charge < -0.3 is 14.9 Å². The van der Waals surface area contributed by atoms with E-state index in [-0.39, 0.29) is 23.6 Å². The number of alkyl halides is 3. The standard InChI is InChI=1S/C31H36F3N3O2/c1-29(39,31(32,33)34)23-9-7-22(8-10-23)28(38)37(26-11-12-26)27-15-19-36(20-16-27)25-13-17-30(21-35,18-14-25)24-5-3-2-4-6-24/h2-10,25-27,39H,11-20H2,1H3/t25-,29-,30-/m0/s1. The van der Waals surface area contributed by atoms with Gasteiger partial charge in [0, 0.05) is 36.8 Å². The molecule has 2 aromatic rings. The number of nitriles is 1. The van der Waals surface area contributed by atoms with Crippen molar-refractivity contribution in [3.63, 3.8) is 0 Å². The number of carbonyl (C=O) groups excluding carboxylic acids is 1. The maximum atomic E-state index is 13.5. The average Bonchev–Trinajstić information content (AvgIpc) is 3.79. The zero-order chi connectivity index (χ0) is 27.8. The molecule has 0 aromatic heterocycles. The SMILES string of the molecule is C[C@](O)(c1ccc(C(=O)N(C2CC2)C2CCN([C@H]3CC[C@](C#N)(c4ccccc4)CC3)CC2)cc1)C(F)(F)F. The predicted molar refractivity (Wildman–Crippen MR) is 142 cm³/mol. The molecule has 1 N–H and O–H groups in total. The van der Waals surface area contributed by atoms with E-state index in [0.29, 0.717) is 11.6 Å². The van der Waals surface area contributed by atoms with Gasteiger partial charge in [0.15, 0.2) is 5.60 Å². The Bertz CT molecular complexity index is 1190. The van der Waals surface area contributed by atoms with Crippen LogP contribution in [0, 0.1) is 11.3 Å². The summed E-state index contributed by atoms with van der Waals surface area (Å²) in [7, 11) is 0. The van der Waals surface area contributed by atoms with Crippen LogP contribution in [0.5, 0.6) is 0 Å². The summed E-state index contributed by atoms with van der Waals surface area (Å²) in [5.41, 5.74) is -2.19. The highest BCUT2D eigenvalue weighted by Gasteiger charge is 2.51. The van der Waals surface area contributed by atoms with Crippen LogP contribution < -0.4 is 0 Å². The number of hydrogen-bond donors (Lipinski definition) is 1. The Kier molecular flexibility index (Phi) is 7.51. The van der Waals surface area contributed by atoms with Crippen molar-refractivity contribution in [2.75, 3.05) is 13.1 Å². The number of nitrogens with zero attached hydrogens (tertiary/aromatic N) is 3. The number of aliphatic hydroxyl groups is 1. The van der Waals surface area contributed by atoms with Crippen molar-refractivity contribution < 1.29 is 23.1 Å². The third-order valence-electron chi connectivity index (χ3n) is 9.18. The minimum Gasteiger partial charge on any atom is -0.376 e. The molecule has 0 unspecified atom stereocenters. The van der Waals surface area contributed by atoms with Crippen molar-refractivity contribution in [1.29, 1.82) is 5.26 Å². The van der Waals surface area contributed by atoms with Crippen LogP contribution in [0.2, 0.25) is 0 Å². The summed E-state index contributed by atoms with van der Waals surface area (Å²) in [6.45, 7) is 2.51. The summed E-state index contributed by atoms with van der Waals surface area (Å²) in [4.78, 5) is 18.0. The van der Waals surface area contributed by atoms with Crippen LogP contribution in [0.4, 0.5) is 13.2 Å². The minimum atomic E-state index is -4.80. The monoisotopic (exact) mass is 539 g/mol. The van der Waals surface area contributed by atoms with E-state index in [1.165, 1.54) is 24.3 Å². The molecule has 1 heterocycles. The van der Waals surface area contributed by atoms with E-state index >= 15 is 0 Å². The Morgan fingerprint density at radius 1 is 0.949 bits per heavy atom. The summed E-state index contributed by atoms with van der Waals surface area (Å²) in [6, 6.07) is 18.6. The molecule has 3 aliphatic rings. The lowest BCUT2D eigenvalue weighted by Crippen LogP contribution is -2.51. The third-order valence-corrected chi connectivity index (χ3v) is 9.18. The van der Waals surface area contributed by atoms with Crippen molar-refractivity contribution in [3.8, 4) is 6.07 Å². The van der Waals surface area contributed by atoms with E-state index < -0.39 is 17.2 Å². The predicted octanol–water partition coefficient (Wildman–Crippen LogP) is 5.93. The van der Waals surface area contributed by atoms with Gasteiger partial charge in [-0.3, -0.25) is 4.79 Å². The van der Waals surface area contributed by atoms with Crippen LogP contribution in [0.1, 0.15) is 79.8 Å². The van der Waals surface area contributed by atoms with Crippen molar-refractivity contribution in [3.05, 3.63) is 71.3 Å². The van der Waals surface area contributed by atoms with Crippen LogP contribution in [0.25, 0.3) is 0 Å². The molecule has 2 saturated carbocycles. The molecule has 1 amide bonds. The summed E-state index contributed by atoms with van der Waals surface area (Å²) in [5.74, 6) is -0.145. The molecule has 0 spiro atoms. The van der Waals surface area contributed by atoms with Crippen molar-refractivity contribution >= 4 is 5.91 Å². The largest absolute Gasteiger partial charge is 0.421 e. The van der Waals surface area contributed by atoms with E-state index in [0.717, 1.165) is 76.9 Å². The molecule has 5 nitrogen and oxygen atoms in total. The van der Waals surface area contributed by atoms with Gasteiger partial charge in [0.25, 0.3) is 5.91 Å². The second-order valence-corrected chi connectivity index (χ2v) is 11.6. The van der Waals surface area contributed by atoms with Crippen LogP contribution in [-0.4, -0.2) is 58.2 Å². The molecule has 2 aromatic carbocycles. The highest BCUT2D eigenvalue weighted by atomic mass is 19.4. The number of halogens is 3. The first kappa shape index (κ1) is 27.7. The van der Waals surface area contributed by atoms with Gasteiger partial charge in [0.2, 0.25) is 0 Å². The maximum Gasteiger partial charge on any atom is 0.421 e. The van der Waals surface area contributed by atoms with Gasteiger partial charge in [-0.05, 0) is 81.5 Å². The highest BCUT2D eigenvalue weighted by Crippen LogP contribution is 2.42. The van der Waals surface area contributed by atoms with Crippen LogP contribution in [0.15, 0.2) is 54.6 Å². The lowest BCUT2D eigenvalue weighted by Gasteiger charge is -2.45. The second kappa shape index (κ2) is 10.6. The molecule has 8 heteroatoms. The first-order valence-electron chi connectivity index (χ1n) is 14.0. The molecule has 5 rings (SSSR count). The molecule has 0 bridgehead atoms. The minimum absolute atomic E-state index is 0.102. The van der Waals surface area contributed by atoms with E-state index in [2.05, 4.69) is 23.1 Å². The van der Waals surface area contributed by atoms with Crippen LogP contribution in [-0.2, 0) is 11.0 Å². The van der Waals surface area contributed by atoms with Crippen LogP contribution >= 0.6 is 0 Å². The van der Waals surface area contributed by atoms with Gasteiger partial charge >= 0.3 is 6.18 Å². The van der Waals surface area contributed by atoms with Crippen LogP contribution in [0.3, 0.4) is 0 Å². The zero-order valence-electron chi connectivity index (χ0n) is 22.3. The van der Waals surface area contributed by atoms with Gasteiger partial charge in [-0.2, -0.15) is 18.4 Å². The Balaban J connectivity index is 1.20. The Morgan fingerprint density at radius 2 is 1.51 bits per heavy atom. The lowest BCUT2D eigenvalue weighted by molar-refractivity contribution is -0.258. The normalized spacial score (nSPS) is 26.4. The first-order chi connectivity index (χ1) is 18.6. The number of carbonyl (C=O) groups is 1. The molecule has 39 heavy (non-hydrogen) atoms. The molecule has 1 aliphatic heterocycles. The number of amides is 1. The van der Waals surface area contributed by atoms with Crippen molar-refractivity contribution in [2.45, 2.75) is 93.6 Å². The molecule has 208 valence electrons. The fourth-order valence-corrected chi connectivity index (χ4v) is 6.44. The average molecular weight is 540 g/mol. The number of piperidine rings is 1. The molecular formula is C31H36F3N3O2. The zero-order valence-corrected chi connectivity index (χ0v) is 22.3. The van der Waals surface area contributed by atoms with E-state index in [4.69, 9.17) is 0 Å². The topological polar surface area (TPSA) is 67.6 Å². The molecule has 1 saturated heterocycles. The number of likely N-dealkylation sites (tertiary alicyclic amines) is 1. The number of rotatable bonds is 6. The van der Waals surface area contributed by atoms with Gasteiger partial charge in [0.05, 0.1) is 11.5 Å². The smallest absolute Gasteiger partial charge is 0.376 e. The summed E-state index contributed by atoms with van der Waals surface area (Å²) < 4.78 is 39.7. The Morgan fingerprint density at radius 3 is 2.03 bits per heavy atom.